The third-order valence-corrected chi connectivity index (χ3v) is 4.72. The highest BCUT2D eigenvalue weighted by Gasteiger charge is 2.24. The van der Waals surface area contributed by atoms with Crippen LogP contribution in [0.15, 0.2) is 23.7 Å². The smallest absolute Gasteiger partial charge is 0.257 e. The van der Waals surface area contributed by atoms with Gasteiger partial charge in [-0.05, 0) is 30.7 Å². The summed E-state index contributed by atoms with van der Waals surface area (Å²) >= 11 is 1.58. The van der Waals surface area contributed by atoms with E-state index in [9.17, 15) is 4.79 Å². The first kappa shape index (κ1) is 14.8. The van der Waals surface area contributed by atoms with Crippen LogP contribution in [-0.2, 0) is 6.54 Å². The largest absolute Gasteiger partial charge is 0.339 e. The first-order valence-corrected chi connectivity index (χ1v) is 8.45. The monoisotopic (exact) mass is 314 g/mol. The molecule has 6 heteroatoms. The Kier molecular flexibility index (Phi) is 4.54. The van der Waals surface area contributed by atoms with Gasteiger partial charge in [-0.3, -0.25) is 9.48 Å². The van der Waals surface area contributed by atoms with Crippen LogP contribution in [0.2, 0.25) is 0 Å². The van der Waals surface area contributed by atoms with E-state index >= 15 is 0 Å². The number of rotatable bonds is 4. The highest BCUT2D eigenvalue weighted by atomic mass is 32.1. The third kappa shape index (κ3) is 3.04. The number of carbonyl (C=O) groups excluding carboxylic acids is 1. The molecule has 0 N–H and O–H groups in total. The average molecular weight is 314 g/mol. The van der Waals surface area contributed by atoms with Crippen molar-refractivity contribution in [1.82, 2.24) is 14.7 Å². The summed E-state index contributed by atoms with van der Waals surface area (Å²) in [5.74, 6) is 0.0614. The van der Waals surface area contributed by atoms with E-state index < -0.39 is 0 Å². The van der Waals surface area contributed by atoms with Crippen LogP contribution in [0.25, 0.3) is 10.6 Å². The van der Waals surface area contributed by atoms with Crippen LogP contribution in [-0.4, -0.2) is 33.7 Å². The molecule has 3 rings (SSSR count). The Labute approximate surface area is 133 Å². The van der Waals surface area contributed by atoms with Crippen molar-refractivity contribution in [3.05, 3.63) is 29.3 Å². The fourth-order valence-corrected chi connectivity index (χ4v) is 3.44. The lowest BCUT2D eigenvalue weighted by atomic mass is 10.1. The highest BCUT2D eigenvalue weighted by molar-refractivity contribution is 7.13. The summed E-state index contributed by atoms with van der Waals surface area (Å²) in [6.07, 6.45) is 5.53. The Balaban J connectivity index is 1.92. The number of thiophene rings is 1. The van der Waals surface area contributed by atoms with Crippen LogP contribution in [0.4, 0.5) is 0 Å². The fourth-order valence-electron chi connectivity index (χ4n) is 2.72. The SMILES string of the molecule is N#CCCn1cc(C(=O)N2CCCCC2)c(-c2cccs2)n1. The van der Waals surface area contributed by atoms with Gasteiger partial charge < -0.3 is 4.90 Å². The fraction of sp³-hybridized carbons (Fsp3) is 0.438. The van der Waals surface area contributed by atoms with Crippen molar-refractivity contribution in [2.24, 2.45) is 0 Å². The van der Waals surface area contributed by atoms with E-state index in [1.807, 2.05) is 22.4 Å². The molecule has 0 bridgehead atoms. The second-order valence-electron chi connectivity index (χ2n) is 5.39. The van der Waals surface area contributed by atoms with Crippen molar-refractivity contribution in [1.29, 1.82) is 5.26 Å². The molecular weight excluding hydrogens is 296 g/mol. The lowest BCUT2D eigenvalue weighted by Crippen LogP contribution is -2.35. The summed E-state index contributed by atoms with van der Waals surface area (Å²) in [6.45, 7) is 2.17. The van der Waals surface area contributed by atoms with Gasteiger partial charge in [0.2, 0.25) is 0 Å². The maximum absolute atomic E-state index is 12.8. The van der Waals surface area contributed by atoms with Gasteiger partial charge in [0.1, 0.15) is 5.69 Å². The molecule has 1 fully saturated rings. The number of amides is 1. The molecule has 1 amide bonds. The summed E-state index contributed by atoms with van der Waals surface area (Å²) in [4.78, 5) is 15.7. The number of carbonyl (C=O) groups is 1. The van der Waals surface area contributed by atoms with Gasteiger partial charge in [-0.15, -0.1) is 11.3 Å². The molecule has 0 aromatic carbocycles. The molecule has 114 valence electrons. The first-order valence-electron chi connectivity index (χ1n) is 7.57. The van der Waals surface area contributed by atoms with Crippen LogP contribution in [0, 0.1) is 11.3 Å². The summed E-state index contributed by atoms with van der Waals surface area (Å²) in [5, 5.41) is 15.3. The standard InChI is InChI=1S/C16H18N4OS/c17-7-5-10-20-12-13(15(18-20)14-6-4-11-22-14)16(21)19-8-2-1-3-9-19/h4,6,11-12H,1-3,5,8-10H2. The zero-order chi connectivity index (χ0) is 15.4. The molecule has 1 aliphatic heterocycles. The number of aryl methyl sites for hydroxylation is 1. The maximum Gasteiger partial charge on any atom is 0.257 e. The van der Waals surface area contributed by atoms with Gasteiger partial charge in [0, 0.05) is 19.3 Å². The Morgan fingerprint density at radius 3 is 2.86 bits per heavy atom. The predicted octanol–water partition coefficient (Wildman–Crippen LogP) is 3.15. The van der Waals surface area contributed by atoms with E-state index in [2.05, 4.69) is 11.2 Å². The van der Waals surface area contributed by atoms with Crippen LogP contribution < -0.4 is 0 Å². The Bertz CT molecular complexity index is 678. The maximum atomic E-state index is 12.8. The van der Waals surface area contributed by atoms with Crippen LogP contribution in [0.1, 0.15) is 36.0 Å². The molecule has 5 nitrogen and oxygen atoms in total. The van der Waals surface area contributed by atoms with Gasteiger partial charge in [-0.1, -0.05) is 6.07 Å². The van der Waals surface area contributed by atoms with Crippen molar-refractivity contribution in [2.45, 2.75) is 32.2 Å². The first-order chi connectivity index (χ1) is 10.8. The molecule has 2 aromatic rings. The van der Waals surface area contributed by atoms with Gasteiger partial charge in [0.05, 0.1) is 29.5 Å². The summed E-state index contributed by atoms with van der Waals surface area (Å²) in [7, 11) is 0. The van der Waals surface area contributed by atoms with E-state index in [0.29, 0.717) is 18.5 Å². The van der Waals surface area contributed by atoms with Gasteiger partial charge in [0.15, 0.2) is 0 Å². The molecular formula is C16H18N4OS. The zero-order valence-corrected chi connectivity index (χ0v) is 13.2. The van der Waals surface area contributed by atoms with Gasteiger partial charge in [0.25, 0.3) is 5.91 Å². The molecule has 1 aliphatic rings. The van der Waals surface area contributed by atoms with E-state index in [-0.39, 0.29) is 5.91 Å². The highest BCUT2D eigenvalue weighted by Crippen LogP contribution is 2.28. The molecule has 0 spiro atoms. The Morgan fingerprint density at radius 2 is 2.18 bits per heavy atom. The number of hydrogen-bond acceptors (Lipinski definition) is 4. The minimum Gasteiger partial charge on any atom is -0.339 e. The van der Waals surface area contributed by atoms with Gasteiger partial charge >= 0.3 is 0 Å². The van der Waals surface area contributed by atoms with Crippen molar-refractivity contribution in [3.63, 3.8) is 0 Å². The molecule has 1 saturated heterocycles. The Hall–Kier alpha value is -2.13. The van der Waals surface area contributed by atoms with Gasteiger partial charge in [-0.2, -0.15) is 10.4 Å². The van der Waals surface area contributed by atoms with Crippen molar-refractivity contribution in [2.75, 3.05) is 13.1 Å². The molecule has 2 aromatic heterocycles. The van der Waals surface area contributed by atoms with E-state index in [1.54, 1.807) is 22.2 Å². The summed E-state index contributed by atoms with van der Waals surface area (Å²) < 4.78 is 1.72. The van der Waals surface area contributed by atoms with Crippen LogP contribution >= 0.6 is 11.3 Å². The molecule has 0 atom stereocenters. The number of hydrogen-bond donors (Lipinski definition) is 0. The molecule has 0 radical (unpaired) electrons. The van der Waals surface area contributed by atoms with E-state index in [4.69, 9.17) is 5.26 Å². The molecule has 22 heavy (non-hydrogen) atoms. The third-order valence-electron chi connectivity index (χ3n) is 3.84. The van der Waals surface area contributed by atoms with Crippen molar-refractivity contribution in [3.8, 4) is 16.6 Å². The zero-order valence-electron chi connectivity index (χ0n) is 12.4. The minimum absolute atomic E-state index is 0.0614. The molecule has 0 unspecified atom stereocenters. The predicted molar refractivity (Wildman–Crippen MR) is 85.5 cm³/mol. The lowest BCUT2D eigenvalue weighted by Gasteiger charge is -2.26. The lowest BCUT2D eigenvalue weighted by molar-refractivity contribution is 0.0725. The number of aromatic nitrogens is 2. The number of nitrogens with zero attached hydrogens (tertiary/aromatic N) is 4. The number of likely N-dealkylation sites (tertiary alicyclic amines) is 1. The van der Waals surface area contributed by atoms with Crippen LogP contribution in [0.3, 0.4) is 0 Å². The molecule has 3 heterocycles. The number of piperidine rings is 1. The quantitative estimate of drug-likeness (QED) is 0.871. The molecule has 0 saturated carbocycles. The second-order valence-corrected chi connectivity index (χ2v) is 6.34. The Morgan fingerprint density at radius 1 is 1.36 bits per heavy atom. The van der Waals surface area contributed by atoms with E-state index in [1.165, 1.54) is 6.42 Å². The number of nitriles is 1. The minimum atomic E-state index is 0.0614. The molecule has 0 aliphatic carbocycles. The van der Waals surface area contributed by atoms with Crippen molar-refractivity contribution >= 4 is 17.2 Å². The normalized spacial score (nSPS) is 14.8. The van der Waals surface area contributed by atoms with Crippen molar-refractivity contribution < 1.29 is 4.79 Å². The topological polar surface area (TPSA) is 61.9 Å². The van der Waals surface area contributed by atoms with Crippen LogP contribution in [0.5, 0.6) is 0 Å². The van der Waals surface area contributed by atoms with Gasteiger partial charge in [-0.25, -0.2) is 0 Å². The van der Waals surface area contributed by atoms with E-state index in [0.717, 1.165) is 36.5 Å². The summed E-state index contributed by atoms with van der Waals surface area (Å²) in [6, 6.07) is 6.06. The second kappa shape index (κ2) is 6.75. The average Bonchev–Trinajstić information content (AvgIpc) is 3.22. The summed E-state index contributed by atoms with van der Waals surface area (Å²) in [5.41, 5.74) is 1.39.